The van der Waals surface area contributed by atoms with Crippen molar-refractivity contribution in [1.29, 1.82) is 0 Å². The van der Waals surface area contributed by atoms with Crippen molar-refractivity contribution in [3.8, 4) is 0 Å². The van der Waals surface area contributed by atoms with E-state index in [2.05, 4.69) is 5.32 Å². The maximum Gasteiger partial charge on any atom is 0.379 e. The van der Waals surface area contributed by atoms with Crippen LogP contribution in [0.2, 0.25) is 0 Å². The average molecular weight is 366 g/mol. The zero-order chi connectivity index (χ0) is 16.6. The highest BCUT2D eigenvalue weighted by Crippen LogP contribution is 2.56. The number of hydrogen-bond donors (Lipinski definition) is 1. The second kappa shape index (κ2) is 9.33. The van der Waals surface area contributed by atoms with Gasteiger partial charge in [-0.1, -0.05) is 53.5 Å². The van der Waals surface area contributed by atoms with E-state index in [1.165, 1.54) is 0 Å². The zero-order valence-electron chi connectivity index (χ0n) is 12.3. The van der Waals surface area contributed by atoms with E-state index in [-0.39, 0.29) is 29.6 Å². The summed E-state index contributed by atoms with van der Waals surface area (Å²) in [7, 11) is -3.76. The molecule has 0 unspecified atom stereocenters. The molecule has 22 heavy (non-hydrogen) atoms. The molecule has 0 aliphatic heterocycles. The maximum atomic E-state index is 12.7. The second-order valence-corrected chi connectivity index (χ2v) is 7.06. The van der Waals surface area contributed by atoms with E-state index in [4.69, 9.17) is 32.2 Å². The van der Waals surface area contributed by atoms with Gasteiger partial charge in [0.1, 0.15) is 4.49 Å². The van der Waals surface area contributed by atoms with Crippen molar-refractivity contribution < 1.29 is 18.4 Å². The van der Waals surface area contributed by atoms with Crippen molar-refractivity contribution in [2.45, 2.75) is 20.3 Å². The summed E-state index contributed by atoms with van der Waals surface area (Å²) >= 11 is 11.5. The van der Waals surface area contributed by atoms with Crippen molar-refractivity contribution in [2.24, 2.45) is 0 Å². The number of carbonyl (C=O) groups is 1. The van der Waals surface area contributed by atoms with Gasteiger partial charge in [-0.2, -0.15) is 0 Å². The highest BCUT2D eigenvalue weighted by Gasteiger charge is 2.33. The van der Waals surface area contributed by atoms with Crippen LogP contribution in [0, 0.1) is 0 Å². The highest BCUT2D eigenvalue weighted by molar-refractivity contribution is 7.58. The average Bonchev–Trinajstić information content (AvgIpc) is 2.46. The van der Waals surface area contributed by atoms with Gasteiger partial charge in [-0.15, -0.1) is 0 Å². The van der Waals surface area contributed by atoms with Crippen molar-refractivity contribution >= 4 is 36.7 Å². The Bertz CT molecular complexity index is 563. The molecule has 0 aliphatic carbocycles. The smallest absolute Gasteiger partial charge is 0.317 e. The summed E-state index contributed by atoms with van der Waals surface area (Å²) in [5.41, 5.74) is 0.563. The van der Waals surface area contributed by atoms with Crippen molar-refractivity contribution in [2.75, 3.05) is 13.2 Å². The summed E-state index contributed by atoms with van der Waals surface area (Å²) in [6.07, 6.45) is 0.0870. The molecule has 0 aromatic heterocycles. The van der Waals surface area contributed by atoms with Gasteiger partial charge in [0.25, 0.3) is 0 Å². The molecular weight excluding hydrogens is 348 g/mol. The van der Waals surface area contributed by atoms with Crippen molar-refractivity contribution in [3.05, 3.63) is 45.8 Å². The van der Waals surface area contributed by atoms with Gasteiger partial charge in [0.05, 0.1) is 19.6 Å². The number of hydrogen-bond acceptors (Lipinski definition) is 4. The fourth-order valence-corrected chi connectivity index (χ4v) is 3.88. The summed E-state index contributed by atoms with van der Waals surface area (Å²) in [6, 6.07) is 9.09. The lowest BCUT2D eigenvalue weighted by atomic mass is 10.1. The van der Waals surface area contributed by atoms with E-state index in [9.17, 15) is 9.36 Å². The third-order valence-corrected chi connectivity index (χ3v) is 5.24. The molecule has 0 bridgehead atoms. The molecule has 0 heterocycles. The van der Waals surface area contributed by atoms with Gasteiger partial charge in [0.15, 0.2) is 5.44 Å². The Hall–Kier alpha value is -0.840. The minimum atomic E-state index is -3.76. The summed E-state index contributed by atoms with van der Waals surface area (Å²) in [5, 5.41) is 2.44. The van der Waals surface area contributed by atoms with Crippen LogP contribution in [0.3, 0.4) is 0 Å². The molecule has 0 aliphatic rings. The van der Waals surface area contributed by atoms with Crippen LogP contribution < -0.4 is 5.32 Å². The largest absolute Gasteiger partial charge is 0.379 e. The topological polar surface area (TPSA) is 64.6 Å². The molecule has 1 amide bonds. The molecule has 0 fully saturated rings. The van der Waals surface area contributed by atoms with Crippen LogP contribution in [0.5, 0.6) is 0 Å². The molecule has 0 radical (unpaired) electrons. The molecular formula is C14H18Cl2NO4P. The molecule has 1 N–H and O–H groups in total. The maximum absolute atomic E-state index is 12.7. The van der Waals surface area contributed by atoms with Crippen LogP contribution in [0.25, 0.3) is 0 Å². The number of carbonyl (C=O) groups excluding carboxylic acids is 1. The van der Waals surface area contributed by atoms with E-state index < -0.39 is 13.5 Å². The Morgan fingerprint density at radius 1 is 1.14 bits per heavy atom. The molecule has 1 aromatic rings. The van der Waals surface area contributed by atoms with Gasteiger partial charge in [0.2, 0.25) is 5.91 Å². The Kier molecular flexibility index (Phi) is 8.15. The lowest BCUT2D eigenvalue weighted by Gasteiger charge is -2.20. The number of amides is 1. The molecule has 5 nitrogen and oxygen atoms in total. The lowest BCUT2D eigenvalue weighted by Crippen LogP contribution is -2.26. The Balaban J connectivity index is 2.91. The second-order valence-electron chi connectivity index (χ2n) is 4.15. The Morgan fingerprint density at radius 2 is 1.68 bits per heavy atom. The number of rotatable bonds is 8. The monoisotopic (exact) mass is 365 g/mol. The third kappa shape index (κ3) is 5.75. The van der Waals surface area contributed by atoms with Gasteiger partial charge >= 0.3 is 7.60 Å². The fraction of sp³-hybridized carbons (Fsp3) is 0.357. The molecule has 1 aromatic carbocycles. The normalized spacial score (nSPS) is 11.1. The molecule has 0 spiro atoms. The Labute approximate surface area is 140 Å². The number of halogens is 2. The van der Waals surface area contributed by atoms with Crippen molar-refractivity contribution in [1.82, 2.24) is 5.32 Å². The minimum absolute atomic E-state index is 0.0870. The molecule has 0 saturated heterocycles. The SMILES string of the molecule is CCOP(=O)(OCC)C(NC(=O)Cc1ccccc1)=C(Cl)Cl. The molecule has 122 valence electrons. The van der Waals surface area contributed by atoms with Crippen LogP contribution >= 0.6 is 30.8 Å². The molecule has 0 saturated carbocycles. The van der Waals surface area contributed by atoms with E-state index in [1.54, 1.807) is 26.0 Å². The van der Waals surface area contributed by atoms with Crippen LogP contribution in [0.4, 0.5) is 0 Å². The van der Waals surface area contributed by atoms with Gasteiger partial charge in [-0.3, -0.25) is 9.36 Å². The van der Waals surface area contributed by atoms with Crippen LogP contribution in [0.15, 0.2) is 40.3 Å². The minimum Gasteiger partial charge on any atom is -0.317 e. The van der Waals surface area contributed by atoms with Gasteiger partial charge in [0, 0.05) is 0 Å². The molecule has 1 rings (SSSR count). The summed E-state index contributed by atoms with van der Waals surface area (Å²) in [6.45, 7) is 3.54. The van der Waals surface area contributed by atoms with Crippen LogP contribution in [-0.2, 0) is 24.8 Å². The van der Waals surface area contributed by atoms with Gasteiger partial charge < -0.3 is 14.4 Å². The number of benzene rings is 1. The fourth-order valence-electron chi connectivity index (χ4n) is 1.68. The van der Waals surface area contributed by atoms with Crippen LogP contribution in [0.1, 0.15) is 19.4 Å². The first kappa shape index (κ1) is 19.2. The summed E-state index contributed by atoms with van der Waals surface area (Å²) in [4.78, 5) is 12.1. The zero-order valence-corrected chi connectivity index (χ0v) is 14.8. The van der Waals surface area contributed by atoms with E-state index in [0.717, 1.165) is 5.56 Å². The first-order chi connectivity index (χ1) is 10.4. The van der Waals surface area contributed by atoms with Crippen LogP contribution in [-0.4, -0.2) is 19.1 Å². The van der Waals surface area contributed by atoms with E-state index in [1.807, 2.05) is 18.2 Å². The lowest BCUT2D eigenvalue weighted by molar-refractivity contribution is -0.119. The first-order valence-electron chi connectivity index (χ1n) is 6.71. The van der Waals surface area contributed by atoms with E-state index >= 15 is 0 Å². The predicted molar refractivity (Wildman–Crippen MR) is 87.9 cm³/mol. The predicted octanol–water partition coefficient (Wildman–Crippen LogP) is 4.22. The molecule has 8 heteroatoms. The third-order valence-electron chi connectivity index (χ3n) is 2.52. The summed E-state index contributed by atoms with van der Waals surface area (Å²) < 4.78 is 22.6. The van der Waals surface area contributed by atoms with Gasteiger partial charge in [-0.05, 0) is 19.4 Å². The Morgan fingerprint density at radius 3 is 2.14 bits per heavy atom. The van der Waals surface area contributed by atoms with E-state index in [0.29, 0.717) is 0 Å². The first-order valence-corrected chi connectivity index (χ1v) is 9.01. The quantitative estimate of drug-likeness (QED) is 0.700. The standard InChI is InChI=1S/C14H18Cl2NO4P/c1-3-20-22(19,21-4-2)14(13(15)16)17-12(18)10-11-8-6-5-7-9-11/h5-9H,3-4,10H2,1-2H3,(H,17,18). The van der Waals surface area contributed by atoms with Crippen molar-refractivity contribution in [3.63, 3.8) is 0 Å². The molecule has 0 atom stereocenters. The number of nitrogens with one attached hydrogen (secondary N) is 1. The summed E-state index contributed by atoms with van der Waals surface area (Å²) in [5.74, 6) is -0.417. The highest BCUT2D eigenvalue weighted by atomic mass is 35.5. The van der Waals surface area contributed by atoms with Gasteiger partial charge in [-0.25, -0.2) is 0 Å².